The van der Waals surface area contributed by atoms with Crippen molar-refractivity contribution in [1.82, 2.24) is 0 Å². The van der Waals surface area contributed by atoms with Crippen molar-refractivity contribution in [3.05, 3.63) is 24.8 Å². The lowest BCUT2D eigenvalue weighted by atomic mass is 9.77. The lowest BCUT2D eigenvalue weighted by molar-refractivity contribution is -0.172. The average Bonchev–Trinajstić information content (AvgIpc) is 2.66. The minimum absolute atomic E-state index is 0.0484. The highest BCUT2D eigenvalue weighted by molar-refractivity contribution is 6.01. The van der Waals surface area contributed by atoms with E-state index in [1.54, 1.807) is 27.7 Å². The maximum Gasteiger partial charge on any atom is 0.324 e. The van der Waals surface area contributed by atoms with Gasteiger partial charge in [0.05, 0.1) is 26.4 Å². The van der Waals surface area contributed by atoms with Gasteiger partial charge in [0.2, 0.25) is 0 Å². The molecule has 0 rings (SSSR count). The van der Waals surface area contributed by atoms with Crippen molar-refractivity contribution in [3.63, 3.8) is 0 Å². The summed E-state index contributed by atoms with van der Waals surface area (Å²) >= 11 is 0. The van der Waals surface area contributed by atoms with Crippen molar-refractivity contribution in [2.24, 2.45) is 11.3 Å². The van der Waals surface area contributed by atoms with E-state index in [0.717, 1.165) is 0 Å². The predicted octanol–water partition coefficient (Wildman–Crippen LogP) is 2.75. The zero-order valence-corrected chi connectivity index (χ0v) is 17.8. The van der Waals surface area contributed by atoms with Gasteiger partial charge in [0.1, 0.15) is 0 Å². The first-order chi connectivity index (χ1) is 13.7. The summed E-state index contributed by atoms with van der Waals surface area (Å²) in [6.45, 7) is 14.3. The summed E-state index contributed by atoms with van der Waals surface area (Å²) in [6, 6.07) is 0. The molecule has 0 fully saturated rings. The predicted molar refractivity (Wildman–Crippen MR) is 106 cm³/mol. The number of ether oxygens (including phenoxy) is 4. The van der Waals surface area contributed by atoms with Gasteiger partial charge in [-0.3, -0.25) is 19.2 Å². The molecule has 29 heavy (non-hydrogen) atoms. The van der Waals surface area contributed by atoms with Gasteiger partial charge in [-0.1, -0.05) is 18.2 Å². The Morgan fingerprint density at radius 1 is 0.828 bits per heavy atom. The van der Waals surface area contributed by atoms with Crippen molar-refractivity contribution >= 4 is 23.9 Å². The van der Waals surface area contributed by atoms with Crippen LogP contribution in [-0.2, 0) is 38.1 Å². The number of rotatable bonds is 14. The molecule has 0 saturated heterocycles. The van der Waals surface area contributed by atoms with E-state index in [1.165, 1.54) is 6.08 Å². The molecule has 164 valence electrons. The molecule has 0 aromatic heterocycles. The quantitative estimate of drug-likeness (QED) is 0.186. The Kier molecular flexibility index (Phi) is 12.3. The summed E-state index contributed by atoms with van der Waals surface area (Å²) in [5.41, 5.74) is -1.39. The van der Waals surface area contributed by atoms with E-state index in [-0.39, 0.29) is 45.7 Å². The molecule has 0 aliphatic rings. The number of carbonyl (C=O) groups is 4. The molecule has 0 aliphatic heterocycles. The highest BCUT2D eigenvalue weighted by Gasteiger charge is 2.48. The van der Waals surface area contributed by atoms with Crippen molar-refractivity contribution in [1.29, 1.82) is 0 Å². The number of hydrogen-bond acceptors (Lipinski definition) is 8. The molecule has 0 bridgehead atoms. The third kappa shape index (κ3) is 7.71. The highest BCUT2D eigenvalue weighted by Crippen LogP contribution is 2.36. The summed E-state index contributed by atoms with van der Waals surface area (Å²) < 4.78 is 20.1. The zero-order valence-electron chi connectivity index (χ0n) is 17.8. The van der Waals surface area contributed by atoms with Gasteiger partial charge in [0.25, 0.3) is 0 Å². The van der Waals surface area contributed by atoms with Crippen molar-refractivity contribution in [2.75, 3.05) is 26.4 Å². The minimum Gasteiger partial charge on any atom is -0.465 e. The molecule has 0 heterocycles. The summed E-state index contributed by atoms with van der Waals surface area (Å²) in [4.78, 5) is 49.7. The monoisotopic (exact) mass is 412 g/mol. The Morgan fingerprint density at radius 3 is 1.59 bits per heavy atom. The summed E-state index contributed by atoms with van der Waals surface area (Å²) in [5, 5.41) is 0. The summed E-state index contributed by atoms with van der Waals surface area (Å²) in [7, 11) is 0. The fraction of sp³-hybridized carbons (Fsp3) is 0.619. The SMILES string of the molecule is C=CCC(CC(=C)CC(C(=O)OCC)C(=O)OCC)(C(=O)OCC)C(=O)OCC. The van der Waals surface area contributed by atoms with Crippen LogP contribution >= 0.6 is 0 Å². The fourth-order valence-corrected chi connectivity index (χ4v) is 2.79. The van der Waals surface area contributed by atoms with Crippen LogP contribution in [0.5, 0.6) is 0 Å². The van der Waals surface area contributed by atoms with Crippen LogP contribution in [0.2, 0.25) is 0 Å². The van der Waals surface area contributed by atoms with Crippen LogP contribution in [0.15, 0.2) is 24.8 Å². The van der Waals surface area contributed by atoms with E-state index in [1.807, 2.05) is 0 Å². The molecule has 0 aromatic rings. The fourth-order valence-electron chi connectivity index (χ4n) is 2.79. The average molecular weight is 412 g/mol. The molecule has 0 amide bonds. The maximum atomic E-state index is 12.7. The van der Waals surface area contributed by atoms with Gasteiger partial charge in [-0.2, -0.15) is 0 Å². The van der Waals surface area contributed by atoms with Crippen molar-refractivity contribution in [2.45, 2.75) is 47.0 Å². The number of allylic oxidation sites excluding steroid dienone is 2. The zero-order chi connectivity index (χ0) is 22.4. The lowest BCUT2D eigenvalue weighted by Gasteiger charge is -2.29. The summed E-state index contributed by atoms with van der Waals surface area (Å²) in [6.07, 6.45) is 1.05. The Morgan fingerprint density at radius 2 is 1.24 bits per heavy atom. The van der Waals surface area contributed by atoms with E-state index >= 15 is 0 Å². The van der Waals surface area contributed by atoms with Crippen LogP contribution in [-0.4, -0.2) is 50.3 Å². The Bertz CT molecular complexity index is 572. The first kappa shape index (κ1) is 26.4. The first-order valence-corrected chi connectivity index (χ1v) is 9.69. The third-order valence-electron chi connectivity index (χ3n) is 4.01. The number of esters is 4. The second-order valence-corrected chi connectivity index (χ2v) is 6.20. The van der Waals surface area contributed by atoms with Gasteiger partial charge >= 0.3 is 23.9 Å². The summed E-state index contributed by atoms with van der Waals surface area (Å²) in [5.74, 6) is -4.30. The molecule has 0 N–H and O–H groups in total. The topological polar surface area (TPSA) is 105 Å². The molecule has 0 atom stereocenters. The normalized spacial score (nSPS) is 10.8. The molecule has 8 nitrogen and oxygen atoms in total. The van der Waals surface area contributed by atoms with Crippen LogP contribution in [0, 0.1) is 11.3 Å². The van der Waals surface area contributed by atoms with E-state index in [2.05, 4.69) is 13.2 Å². The van der Waals surface area contributed by atoms with Gasteiger partial charge in [-0.05, 0) is 47.0 Å². The highest BCUT2D eigenvalue weighted by atomic mass is 16.6. The molecular weight excluding hydrogens is 380 g/mol. The van der Waals surface area contributed by atoms with E-state index in [9.17, 15) is 19.2 Å². The van der Waals surface area contributed by atoms with Crippen LogP contribution in [0.1, 0.15) is 47.0 Å². The van der Waals surface area contributed by atoms with E-state index in [0.29, 0.717) is 5.57 Å². The van der Waals surface area contributed by atoms with E-state index < -0.39 is 35.2 Å². The van der Waals surface area contributed by atoms with Gasteiger partial charge in [-0.25, -0.2) is 0 Å². The molecule has 0 radical (unpaired) electrons. The van der Waals surface area contributed by atoms with Crippen molar-refractivity contribution in [3.8, 4) is 0 Å². The second kappa shape index (κ2) is 13.5. The van der Waals surface area contributed by atoms with Crippen LogP contribution in [0.25, 0.3) is 0 Å². The molecule has 0 unspecified atom stereocenters. The molecule has 0 saturated carbocycles. The smallest absolute Gasteiger partial charge is 0.324 e. The third-order valence-corrected chi connectivity index (χ3v) is 4.01. The minimum atomic E-state index is -1.70. The lowest BCUT2D eigenvalue weighted by Crippen LogP contribution is -2.42. The largest absolute Gasteiger partial charge is 0.465 e. The maximum absolute atomic E-state index is 12.7. The Balaban J connectivity index is 5.77. The Labute approximate surface area is 172 Å². The molecule has 0 aromatic carbocycles. The molecule has 0 spiro atoms. The van der Waals surface area contributed by atoms with Crippen LogP contribution in [0.3, 0.4) is 0 Å². The Hall–Kier alpha value is -2.64. The molecule has 8 heteroatoms. The number of carbonyl (C=O) groups excluding carboxylic acids is 4. The van der Waals surface area contributed by atoms with Crippen molar-refractivity contribution < 1.29 is 38.1 Å². The second-order valence-electron chi connectivity index (χ2n) is 6.20. The van der Waals surface area contributed by atoms with E-state index in [4.69, 9.17) is 18.9 Å². The van der Waals surface area contributed by atoms with Crippen LogP contribution in [0.4, 0.5) is 0 Å². The number of hydrogen-bond donors (Lipinski definition) is 0. The van der Waals surface area contributed by atoms with Gasteiger partial charge in [-0.15, -0.1) is 6.58 Å². The molecule has 0 aliphatic carbocycles. The van der Waals surface area contributed by atoms with Crippen LogP contribution < -0.4 is 0 Å². The molecular formula is C21H32O8. The van der Waals surface area contributed by atoms with Gasteiger partial charge in [0.15, 0.2) is 11.3 Å². The first-order valence-electron chi connectivity index (χ1n) is 9.69. The van der Waals surface area contributed by atoms with Gasteiger partial charge in [0, 0.05) is 0 Å². The van der Waals surface area contributed by atoms with Gasteiger partial charge < -0.3 is 18.9 Å². The standard InChI is InChI=1S/C21H32O8/c1-7-12-21(19(24)28-10-4,20(25)29-11-5)14-15(6)13-16(17(22)26-8-2)18(23)27-9-3/h7,16H,1,6,8-14H2,2-5H3.